The van der Waals surface area contributed by atoms with E-state index in [0.29, 0.717) is 11.1 Å². The number of carbonyl (C=O) groups excluding carboxylic acids is 1. The fraction of sp³-hybridized carbons (Fsp3) is 0.143. The van der Waals surface area contributed by atoms with Crippen molar-refractivity contribution in [2.45, 2.75) is 25.3 Å². The molecule has 0 aliphatic heterocycles. The highest BCUT2D eigenvalue weighted by Crippen LogP contribution is 2.24. The van der Waals surface area contributed by atoms with E-state index >= 15 is 0 Å². The molecule has 0 fully saturated rings. The monoisotopic (exact) mass is 431 g/mol. The van der Waals surface area contributed by atoms with Crippen LogP contribution in [0.2, 0.25) is 0 Å². The molecule has 1 heterocycles. The summed E-state index contributed by atoms with van der Waals surface area (Å²) in [6, 6.07) is 9.40. The Morgan fingerprint density at radius 2 is 1.80 bits per heavy atom. The van der Waals surface area contributed by atoms with Gasteiger partial charge in [0.1, 0.15) is 4.90 Å². The molecule has 0 saturated heterocycles. The first-order valence-corrected chi connectivity index (χ1v) is 10.4. The van der Waals surface area contributed by atoms with Gasteiger partial charge in [0, 0.05) is 12.7 Å². The van der Waals surface area contributed by atoms with E-state index in [9.17, 15) is 22.0 Å². The Labute approximate surface area is 173 Å². The standard InChI is InChI=1S/C21H19F2N3O3S/c1-13-8-16(12-24-10-13)26-30(28,29)20-14(2)4-3-5-17(20)21(27)25-11-15-6-7-18(22)19(23)9-15/h3-10,12,26H,11H2,1-2H3,(H,25,27). The molecule has 2 N–H and O–H groups in total. The van der Waals surface area contributed by atoms with Crippen molar-refractivity contribution in [2.24, 2.45) is 0 Å². The van der Waals surface area contributed by atoms with Crippen LogP contribution in [0, 0.1) is 25.5 Å². The Morgan fingerprint density at radius 1 is 1.03 bits per heavy atom. The number of aromatic nitrogens is 1. The minimum absolute atomic E-state index is 0.0642. The van der Waals surface area contributed by atoms with Crippen LogP contribution in [0.1, 0.15) is 27.0 Å². The van der Waals surface area contributed by atoms with Crippen molar-refractivity contribution >= 4 is 21.6 Å². The van der Waals surface area contributed by atoms with Crippen LogP contribution in [0.25, 0.3) is 0 Å². The lowest BCUT2D eigenvalue weighted by Gasteiger charge is -2.15. The molecule has 0 spiro atoms. The molecule has 0 aliphatic carbocycles. The second-order valence-corrected chi connectivity index (χ2v) is 8.36. The number of anilines is 1. The lowest BCUT2D eigenvalue weighted by atomic mass is 10.1. The fourth-order valence-corrected chi connectivity index (χ4v) is 4.40. The first kappa shape index (κ1) is 21.4. The number of aryl methyl sites for hydroxylation is 2. The molecule has 6 nitrogen and oxygen atoms in total. The molecule has 0 saturated carbocycles. The summed E-state index contributed by atoms with van der Waals surface area (Å²) >= 11 is 0. The molecule has 0 aliphatic rings. The second kappa shape index (κ2) is 8.58. The van der Waals surface area contributed by atoms with Crippen LogP contribution in [-0.2, 0) is 16.6 Å². The number of hydrogen-bond acceptors (Lipinski definition) is 4. The molecular weight excluding hydrogens is 412 g/mol. The van der Waals surface area contributed by atoms with Gasteiger partial charge in [-0.1, -0.05) is 18.2 Å². The average molecular weight is 431 g/mol. The predicted molar refractivity (Wildman–Crippen MR) is 108 cm³/mol. The van der Waals surface area contributed by atoms with E-state index in [1.54, 1.807) is 38.2 Å². The number of benzene rings is 2. The van der Waals surface area contributed by atoms with E-state index in [1.807, 2.05) is 0 Å². The molecule has 3 rings (SSSR count). The number of rotatable bonds is 6. The van der Waals surface area contributed by atoms with Gasteiger partial charge in [-0.25, -0.2) is 17.2 Å². The van der Waals surface area contributed by atoms with E-state index < -0.39 is 27.6 Å². The Bertz CT molecular complexity index is 1210. The Kier molecular flexibility index (Phi) is 6.12. The summed E-state index contributed by atoms with van der Waals surface area (Å²) in [5.41, 5.74) is 1.69. The van der Waals surface area contributed by atoms with Crippen molar-refractivity contribution in [3.05, 3.63) is 88.7 Å². The molecule has 0 atom stereocenters. The van der Waals surface area contributed by atoms with Crippen LogP contribution in [0.4, 0.5) is 14.5 Å². The number of pyridine rings is 1. The molecular formula is C21H19F2N3O3S. The highest BCUT2D eigenvalue weighted by Gasteiger charge is 2.25. The van der Waals surface area contributed by atoms with Gasteiger partial charge in [0.2, 0.25) is 0 Å². The molecule has 0 unspecified atom stereocenters. The number of sulfonamides is 1. The number of carbonyl (C=O) groups is 1. The van der Waals surface area contributed by atoms with E-state index in [2.05, 4.69) is 15.0 Å². The van der Waals surface area contributed by atoms with Gasteiger partial charge < -0.3 is 5.32 Å². The largest absolute Gasteiger partial charge is 0.348 e. The second-order valence-electron chi connectivity index (χ2n) is 6.74. The van der Waals surface area contributed by atoms with Crippen molar-refractivity contribution in [3.63, 3.8) is 0 Å². The van der Waals surface area contributed by atoms with Crippen LogP contribution in [0.5, 0.6) is 0 Å². The number of nitrogens with one attached hydrogen (secondary N) is 2. The zero-order valence-corrected chi connectivity index (χ0v) is 17.1. The zero-order chi connectivity index (χ0) is 21.9. The summed E-state index contributed by atoms with van der Waals surface area (Å²) < 4.78 is 54.9. The Morgan fingerprint density at radius 3 is 2.50 bits per heavy atom. The lowest BCUT2D eigenvalue weighted by Crippen LogP contribution is -2.27. The quantitative estimate of drug-likeness (QED) is 0.623. The maximum Gasteiger partial charge on any atom is 0.263 e. The third kappa shape index (κ3) is 4.80. The first-order valence-electron chi connectivity index (χ1n) is 8.93. The Hall–Kier alpha value is -3.33. The molecule has 3 aromatic rings. The SMILES string of the molecule is Cc1cncc(NS(=O)(=O)c2c(C)cccc2C(=O)NCc2ccc(F)c(F)c2)c1. The first-order chi connectivity index (χ1) is 14.2. The van der Waals surface area contributed by atoms with Gasteiger partial charge in [0.15, 0.2) is 11.6 Å². The summed E-state index contributed by atoms with van der Waals surface area (Å²) in [6.45, 7) is 3.25. The van der Waals surface area contributed by atoms with Crippen molar-refractivity contribution in [1.82, 2.24) is 10.3 Å². The van der Waals surface area contributed by atoms with Crippen LogP contribution in [0.15, 0.2) is 59.8 Å². The van der Waals surface area contributed by atoms with Gasteiger partial charge >= 0.3 is 0 Å². The van der Waals surface area contributed by atoms with E-state index in [-0.39, 0.29) is 22.7 Å². The zero-order valence-electron chi connectivity index (χ0n) is 16.2. The molecule has 2 aromatic carbocycles. The van der Waals surface area contributed by atoms with Crippen LogP contribution in [0.3, 0.4) is 0 Å². The number of nitrogens with zero attached hydrogens (tertiary/aromatic N) is 1. The van der Waals surface area contributed by atoms with E-state index in [4.69, 9.17) is 0 Å². The summed E-state index contributed by atoms with van der Waals surface area (Å²) in [6.07, 6.45) is 2.95. The maximum absolute atomic E-state index is 13.4. The summed E-state index contributed by atoms with van der Waals surface area (Å²) in [5, 5.41) is 2.54. The van der Waals surface area contributed by atoms with Gasteiger partial charge in [-0.15, -0.1) is 0 Å². The topological polar surface area (TPSA) is 88.2 Å². The predicted octanol–water partition coefficient (Wildman–Crippen LogP) is 3.71. The van der Waals surface area contributed by atoms with Crippen LogP contribution in [-0.4, -0.2) is 19.3 Å². The summed E-state index contributed by atoms with van der Waals surface area (Å²) in [4.78, 5) is 16.5. The van der Waals surface area contributed by atoms with Gasteiger partial charge in [-0.2, -0.15) is 0 Å². The lowest BCUT2D eigenvalue weighted by molar-refractivity contribution is 0.0947. The van der Waals surface area contributed by atoms with E-state index in [0.717, 1.165) is 17.7 Å². The highest BCUT2D eigenvalue weighted by atomic mass is 32.2. The molecule has 9 heteroatoms. The van der Waals surface area contributed by atoms with Crippen LogP contribution < -0.4 is 10.0 Å². The summed E-state index contributed by atoms with van der Waals surface area (Å²) in [7, 11) is -4.09. The number of amides is 1. The van der Waals surface area contributed by atoms with Gasteiger partial charge in [0.05, 0.1) is 17.4 Å². The molecule has 30 heavy (non-hydrogen) atoms. The van der Waals surface area contributed by atoms with Gasteiger partial charge in [-0.3, -0.25) is 14.5 Å². The fourth-order valence-electron chi connectivity index (χ4n) is 2.93. The minimum atomic E-state index is -4.09. The van der Waals surface area contributed by atoms with Gasteiger partial charge in [-0.05, 0) is 54.8 Å². The average Bonchev–Trinajstić information content (AvgIpc) is 2.68. The Balaban J connectivity index is 1.88. The van der Waals surface area contributed by atoms with Crippen LogP contribution >= 0.6 is 0 Å². The third-order valence-corrected chi connectivity index (χ3v) is 5.87. The minimum Gasteiger partial charge on any atom is -0.348 e. The van der Waals surface area contributed by atoms with Gasteiger partial charge in [0.25, 0.3) is 15.9 Å². The normalized spacial score (nSPS) is 11.2. The van der Waals surface area contributed by atoms with Crippen molar-refractivity contribution in [1.29, 1.82) is 0 Å². The van der Waals surface area contributed by atoms with Crippen molar-refractivity contribution < 1.29 is 22.0 Å². The molecule has 0 bridgehead atoms. The third-order valence-electron chi connectivity index (χ3n) is 4.29. The maximum atomic E-state index is 13.4. The highest BCUT2D eigenvalue weighted by molar-refractivity contribution is 7.92. The number of halogens is 2. The van der Waals surface area contributed by atoms with Crippen molar-refractivity contribution in [2.75, 3.05) is 4.72 Å². The summed E-state index contributed by atoms with van der Waals surface area (Å²) in [5.74, 6) is -2.68. The van der Waals surface area contributed by atoms with Crippen molar-refractivity contribution in [3.8, 4) is 0 Å². The number of hydrogen-bond donors (Lipinski definition) is 2. The molecule has 1 amide bonds. The van der Waals surface area contributed by atoms with E-state index in [1.165, 1.54) is 18.3 Å². The molecule has 156 valence electrons. The smallest absolute Gasteiger partial charge is 0.263 e. The molecule has 1 aromatic heterocycles. The molecule has 0 radical (unpaired) electrons.